The monoisotopic (exact) mass is 567 g/mol. The fraction of sp³-hybridized carbons (Fsp3) is 0.107. The summed E-state index contributed by atoms with van der Waals surface area (Å²) in [4.78, 5) is 13.0. The predicted molar refractivity (Wildman–Crippen MR) is 149 cm³/mol. The number of benzene rings is 4. The molecule has 4 aromatic rings. The lowest BCUT2D eigenvalue weighted by atomic mass is 10.1. The van der Waals surface area contributed by atoms with E-state index in [2.05, 4.69) is 10.0 Å². The number of hydrogen-bond donors (Lipinski definition) is 2. The molecule has 1 amide bonds. The van der Waals surface area contributed by atoms with Gasteiger partial charge in [0.1, 0.15) is 12.4 Å². The summed E-state index contributed by atoms with van der Waals surface area (Å²) in [5.74, 6) is -1.11. The molecule has 0 bridgehead atoms. The van der Waals surface area contributed by atoms with Crippen LogP contribution in [0.4, 0.5) is 21.5 Å². The zero-order valence-electron chi connectivity index (χ0n) is 21.1. The van der Waals surface area contributed by atoms with Crippen LogP contribution < -0.4 is 14.3 Å². The Bertz CT molecular complexity index is 1690. The fourth-order valence-electron chi connectivity index (χ4n) is 3.79. The molecule has 4 rings (SSSR count). The number of anilines is 3. The summed E-state index contributed by atoms with van der Waals surface area (Å²) in [5, 5.41) is 2.63. The maximum atomic E-state index is 13.6. The van der Waals surface area contributed by atoms with Crippen LogP contribution in [-0.2, 0) is 24.8 Å². The van der Waals surface area contributed by atoms with Crippen LogP contribution in [0.2, 0.25) is 0 Å². The van der Waals surface area contributed by atoms with Crippen molar-refractivity contribution in [1.29, 1.82) is 0 Å². The lowest BCUT2D eigenvalue weighted by Crippen LogP contribution is -2.38. The molecule has 0 atom stereocenters. The van der Waals surface area contributed by atoms with Gasteiger partial charge in [-0.15, -0.1) is 0 Å². The summed E-state index contributed by atoms with van der Waals surface area (Å²) in [5.41, 5.74) is 2.35. The highest BCUT2D eigenvalue weighted by molar-refractivity contribution is 7.93. The minimum atomic E-state index is -4.08. The molecule has 0 saturated carbocycles. The van der Waals surface area contributed by atoms with Gasteiger partial charge in [-0.25, -0.2) is 21.2 Å². The molecule has 0 radical (unpaired) electrons. The number of hydrogen-bond acceptors (Lipinski definition) is 5. The fourth-order valence-corrected chi connectivity index (χ4v) is 6.34. The van der Waals surface area contributed by atoms with Crippen molar-refractivity contribution in [2.45, 2.75) is 23.6 Å². The zero-order chi connectivity index (χ0) is 28.2. The number of aryl methyl sites for hydroxylation is 2. The highest BCUT2D eigenvalue weighted by Crippen LogP contribution is 2.28. The lowest BCUT2D eigenvalue weighted by Gasteiger charge is -2.26. The molecule has 0 aromatic heterocycles. The summed E-state index contributed by atoms with van der Waals surface area (Å²) >= 11 is 0. The van der Waals surface area contributed by atoms with E-state index in [1.165, 1.54) is 48.5 Å². The van der Waals surface area contributed by atoms with Gasteiger partial charge in [-0.2, -0.15) is 0 Å². The number of carbonyl (C=O) groups is 1. The highest BCUT2D eigenvalue weighted by Gasteiger charge is 2.28. The lowest BCUT2D eigenvalue weighted by molar-refractivity contribution is -0.114. The standard InChI is InChI=1S/C28H26FN3O5S2/c1-20-8-9-21(2)27(18-20)32(39(36,37)26-6-4-3-5-7-26)19-28(33)30-23-14-16-25(17-15-23)38(34,35)31-24-12-10-22(29)11-13-24/h3-18,31H,19H2,1-2H3,(H,30,33). The minimum Gasteiger partial charge on any atom is -0.325 e. The van der Waals surface area contributed by atoms with Crippen molar-refractivity contribution >= 4 is 43.0 Å². The molecule has 0 aliphatic carbocycles. The number of amides is 1. The first-order valence-electron chi connectivity index (χ1n) is 11.8. The first kappa shape index (κ1) is 27.8. The third-order valence-electron chi connectivity index (χ3n) is 5.80. The zero-order valence-corrected chi connectivity index (χ0v) is 22.8. The van der Waals surface area contributed by atoms with Crippen molar-refractivity contribution in [2.24, 2.45) is 0 Å². The maximum Gasteiger partial charge on any atom is 0.264 e. The van der Waals surface area contributed by atoms with Gasteiger partial charge in [0, 0.05) is 11.4 Å². The molecular formula is C28H26FN3O5S2. The normalized spacial score (nSPS) is 11.6. The van der Waals surface area contributed by atoms with Crippen molar-refractivity contribution in [3.8, 4) is 0 Å². The molecule has 0 spiro atoms. The SMILES string of the molecule is Cc1ccc(C)c(N(CC(=O)Nc2ccc(S(=O)(=O)Nc3ccc(F)cc3)cc2)S(=O)(=O)c2ccccc2)c1. The van der Waals surface area contributed by atoms with Gasteiger partial charge in [0.05, 0.1) is 15.5 Å². The van der Waals surface area contributed by atoms with Crippen LogP contribution in [0, 0.1) is 19.7 Å². The first-order valence-corrected chi connectivity index (χ1v) is 14.7. The van der Waals surface area contributed by atoms with Gasteiger partial charge in [0.15, 0.2) is 0 Å². The molecule has 2 N–H and O–H groups in total. The summed E-state index contributed by atoms with van der Waals surface area (Å²) in [7, 11) is -8.04. The molecule has 0 heterocycles. The summed E-state index contributed by atoms with van der Waals surface area (Å²) < 4.78 is 69.0. The van der Waals surface area contributed by atoms with Crippen molar-refractivity contribution in [3.05, 3.63) is 114 Å². The van der Waals surface area contributed by atoms with E-state index in [1.807, 2.05) is 13.0 Å². The average Bonchev–Trinajstić information content (AvgIpc) is 2.91. The van der Waals surface area contributed by atoms with Crippen LogP contribution in [0.3, 0.4) is 0 Å². The first-order chi connectivity index (χ1) is 18.5. The highest BCUT2D eigenvalue weighted by atomic mass is 32.2. The molecule has 8 nitrogen and oxygen atoms in total. The third-order valence-corrected chi connectivity index (χ3v) is 8.97. The van der Waals surface area contributed by atoms with Gasteiger partial charge < -0.3 is 5.32 Å². The number of carbonyl (C=O) groups excluding carboxylic acids is 1. The average molecular weight is 568 g/mol. The number of sulfonamides is 2. The Morgan fingerprint density at radius 1 is 0.769 bits per heavy atom. The molecule has 0 aliphatic rings. The van der Waals surface area contributed by atoms with E-state index in [4.69, 9.17) is 0 Å². The Labute approximate surface area is 227 Å². The van der Waals surface area contributed by atoms with Gasteiger partial charge in [-0.3, -0.25) is 13.8 Å². The molecule has 0 fully saturated rings. The van der Waals surface area contributed by atoms with Crippen molar-refractivity contribution < 1.29 is 26.0 Å². The van der Waals surface area contributed by atoms with Crippen LogP contribution >= 0.6 is 0 Å². The molecule has 4 aromatic carbocycles. The van der Waals surface area contributed by atoms with Gasteiger partial charge in [-0.1, -0.05) is 30.3 Å². The minimum absolute atomic E-state index is 0.0434. The second-order valence-electron chi connectivity index (χ2n) is 8.80. The number of nitrogens with one attached hydrogen (secondary N) is 2. The number of rotatable bonds is 9. The Hall–Kier alpha value is -4.22. The van der Waals surface area contributed by atoms with Gasteiger partial charge in [-0.05, 0) is 91.7 Å². The molecule has 11 heteroatoms. The quantitative estimate of drug-likeness (QED) is 0.293. The summed E-state index contributed by atoms with van der Waals surface area (Å²) in [6, 6.07) is 23.4. The van der Waals surface area contributed by atoms with E-state index < -0.39 is 38.3 Å². The maximum absolute atomic E-state index is 13.6. The Morgan fingerprint density at radius 3 is 2.03 bits per heavy atom. The van der Waals surface area contributed by atoms with Gasteiger partial charge in [0.2, 0.25) is 5.91 Å². The third kappa shape index (κ3) is 6.62. The van der Waals surface area contributed by atoms with E-state index >= 15 is 0 Å². The topological polar surface area (TPSA) is 113 Å². The van der Waals surface area contributed by atoms with Crippen molar-refractivity contribution in [2.75, 3.05) is 20.9 Å². The second-order valence-corrected chi connectivity index (χ2v) is 12.3. The molecule has 0 unspecified atom stereocenters. The number of nitrogens with zero attached hydrogens (tertiary/aromatic N) is 1. The summed E-state index contributed by atoms with van der Waals surface area (Å²) in [6.45, 7) is 3.09. The van der Waals surface area contributed by atoms with Crippen LogP contribution in [0.25, 0.3) is 0 Å². The smallest absolute Gasteiger partial charge is 0.264 e. The van der Waals surface area contributed by atoms with Crippen molar-refractivity contribution in [3.63, 3.8) is 0 Å². The van der Waals surface area contributed by atoms with Crippen LogP contribution in [0.1, 0.15) is 11.1 Å². The van der Waals surface area contributed by atoms with E-state index in [0.717, 1.165) is 22.0 Å². The van der Waals surface area contributed by atoms with Crippen LogP contribution in [0.15, 0.2) is 107 Å². The van der Waals surface area contributed by atoms with Crippen LogP contribution in [0.5, 0.6) is 0 Å². The Morgan fingerprint density at radius 2 is 1.38 bits per heavy atom. The molecule has 202 valence electrons. The molecular weight excluding hydrogens is 541 g/mol. The summed E-state index contributed by atoms with van der Waals surface area (Å²) in [6.07, 6.45) is 0. The Kier molecular flexibility index (Phi) is 8.03. The van der Waals surface area contributed by atoms with Crippen molar-refractivity contribution in [1.82, 2.24) is 0 Å². The predicted octanol–water partition coefficient (Wildman–Crippen LogP) is 5.08. The van der Waals surface area contributed by atoms with E-state index in [0.29, 0.717) is 11.3 Å². The number of halogens is 1. The van der Waals surface area contributed by atoms with E-state index in [9.17, 15) is 26.0 Å². The molecule has 39 heavy (non-hydrogen) atoms. The molecule has 0 aliphatic heterocycles. The Balaban J connectivity index is 1.55. The van der Waals surface area contributed by atoms with E-state index in [1.54, 1.807) is 37.3 Å². The van der Waals surface area contributed by atoms with Gasteiger partial charge in [0.25, 0.3) is 20.0 Å². The van der Waals surface area contributed by atoms with Crippen LogP contribution in [-0.4, -0.2) is 29.3 Å². The second kappa shape index (κ2) is 11.3. The van der Waals surface area contributed by atoms with E-state index in [-0.39, 0.29) is 21.2 Å². The van der Waals surface area contributed by atoms with Gasteiger partial charge >= 0.3 is 0 Å². The largest absolute Gasteiger partial charge is 0.325 e. The molecule has 0 saturated heterocycles.